The topological polar surface area (TPSA) is 10.4 Å². The molecule has 0 fully saturated rings. The first-order valence-corrected chi connectivity index (χ1v) is 11.3. The van der Waals surface area contributed by atoms with Gasteiger partial charge in [0.2, 0.25) is 11.4 Å². The van der Waals surface area contributed by atoms with Crippen molar-refractivity contribution in [3.05, 3.63) is 89.2 Å². The van der Waals surface area contributed by atoms with Crippen LogP contribution in [-0.2, 0) is 6.54 Å². The van der Waals surface area contributed by atoms with Gasteiger partial charge in [-0.15, -0.1) is 0 Å². The van der Waals surface area contributed by atoms with Gasteiger partial charge in [-0.2, -0.15) is 4.57 Å². The first-order chi connectivity index (χ1) is 15.3. The summed E-state index contributed by atoms with van der Waals surface area (Å²) in [5.74, 6) is 0.556. The third kappa shape index (κ3) is 6.34. The zero-order valence-corrected chi connectivity index (χ0v) is 20.3. The number of hydrogen-bond donors (Lipinski definition) is 0. The molecule has 0 atom stereocenters. The number of hydrogen-bond acceptors (Lipinski definition) is 2. The quantitative estimate of drug-likeness (QED) is 0.403. The highest BCUT2D eigenvalue weighted by atomic mass is 15.1. The fraction of sp³-hybridized carbons (Fsp3) is 0.276. The van der Waals surface area contributed by atoms with Crippen LogP contribution >= 0.6 is 0 Å². The van der Waals surface area contributed by atoms with Crippen molar-refractivity contribution in [2.75, 3.05) is 38.0 Å². The molecule has 3 heteroatoms. The molecule has 3 aromatic rings. The van der Waals surface area contributed by atoms with Gasteiger partial charge in [0, 0.05) is 69.8 Å². The molecule has 32 heavy (non-hydrogen) atoms. The Labute approximate surface area is 193 Å². The third-order valence-electron chi connectivity index (χ3n) is 5.42. The molecule has 3 nitrogen and oxygen atoms in total. The minimum absolute atomic E-state index is 0.556. The molecular weight excluding hydrogens is 390 g/mol. The van der Waals surface area contributed by atoms with Crippen LogP contribution in [0.15, 0.2) is 66.7 Å². The summed E-state index contributed by atoms with van der Waals surface area (Å²) in [5, 5.41) is 0. The molecule has 0 unspecified atom stereocenters. The van der Waals surface area contributed by atoms with Crippen molar-refractivity contribution >= 4 is 35.7 Å². The molecule has 0 aliphatic carbocycles. The van der Waals surface area contributed by atoms with E-state index >= 15 is 0 Å². The van der Waals surface area contributed by atoms with E-state index in [9.17, 15) is 0 Å². The van der Waals surface area contributed by atoms with Crippen molar-refractivity contribution in [2.45, 2.75) is 20.4 Å². The molecule has 0 radical (unpaired) electrons. The largest absolute Gasteiger partial charge is 0.378 e. The van der Waals surface area contributed by atoms with Crippen LogP contribution in [0.3, 0.4) is 0 Å². The number of rotatable bonds is 8. The van der Waals surface area contributed by atoms with Crippen LogP contribution < -0.4 is 14.4 Å². The fourth-order valence-electron chi connectivity index (χ4n) is 3.57. The summed E-state index contributed by atoms with van der Waals surface area (Å²) >= 11 is 0. The summed E-state index contributed by atoms with van der Waals surface area (Å²) in [6.45, 7) is 5.50. The number of anilines is 2. The van der Waals surface area contributed by atoms with E-state index < -0.39 is 0 Å². The molecule has 0 aliphatic heterocycles. The first-order valence-electron chi connectivity index (χ1n) is 11.3. The molecule has 0 N–H and O–H groups in total. The Bertz CT molecular complexity index is 977. The van der Waals surface area contributed by atoms with Crippen molar-refractivity contribution in [2.24, 2.45) is 5.92 Å². The summed E-state index contributed by atoms with van der Waals surface area (Å²) < 4.78 is 2.40. The van der Waals surface area contributed by atoms with Crippen molar-refractivity contribution in [1.82, 2.24) is 0 Å². The monoisotopic (exact) mass is 426 g/mol. The zero-order valence-electron chi connectivity index (χ0n) is 20.3. The van der Waals surface area contributed by atoms with Crippen molar-refractivity contribution < 1.29 is 4.57 Å². The molecule has 1 heterocycles. The van der Waals surface area contributed by atoms with Crippen molar-refractivity contribution in [3.63, 3.8) is 0 Å². The van der Waals surface area contributed by atoms with Crippen LogP contribution in [-0.4, -0.2) is 28.2 Å². The second-order valence-corrected chi connectivity index (χ2v) is 9.02. The average molecular weight is 427 g/mol. The maximum Gasteiger partial charge on any atom is 0.205 e. The number of aromatic nitrogens is 1. The molecule has 0 aliphatic rings. The smallest absolute Gasteiger partial charge is 0.205 e. The molecule has 166 valence electrons. The molecule has 2 aromatic carbocycles. The van der Waals surface area contributed by atoms with Crippen LogP contribution in [0.2, 0.25) is 0 Å². The molecular formula is C29H36N3+. The van der Waals surface area contributed by atoms with Gasteiger partial charge in [-0.3, -0.25) is 0 Å². The summed E-state index contributed by atoms with van der Waals surface area (Å²) in [4.78, 5) is 4.24. The summed E-state index contributed by atoms with van der Waals surface area (Å²) in [5.41, 5.74) is 7.24. The molecule has 0 saturated carbocycles. The van der Waals surface area contributed by atoms with Crippen molar-refractivity contribution in [3.8, 4) is 0 Å². The molecule has 0 spiro atoms. The second-order valence-electron chi connectivity index (χ2n) is 9.02. The van der Waals surface area contributed by atoms with Gasteiger partial charge >= 0.3 is 0 Å². The van der Waals surface area contributed by atoms with Gasteiger partial charge in [0.05, 0.1) is 0 Å². The SMILES string of the molecule is CC(C)C[n+]1c(/C=C/c2ccc(N(C)C)cc2)cccc1/C=C/c1ccc(N(C)C)cc1. The average Bonchev–Trinajstić information content (AvgIpc) is 2.77. The maximum absolute atomic E-state index is 2.40. The van der Waals surface area contributed by atoms with Gasteiger partial charge < -0.3 is 9.80 Å². The summed E-state index contributed by atoms with van der Waals surface area (Å²) in [6.07, 6.45) is 8.82. The van der Waals surface area contributed by atoms with Crippen LogP contribution in [0.5, 0.6) is 0 Å². The standard InChI is InChI=1S/C29H36N3/c1-23(2)22-32-28(20-14-24-10-16-26(17-11-24)30(3)4)8-7-9-29(32)21-15-25-12-18-27(19-13-25)31(5)6/h7-21,23H,22H2,1-6H3/q+1. The lowest BCUT2D eigenvalue weighted by molar-refractivity contribution is -0.705. The van der Waals surface area contributed by atoms with E-state index in [-0.39, 0.29) is 0 Å². The summed E-state index contributed by atoms with van der Waals surface area (Å²) in [6, 6.07) is 23.8. The Balaban J connectivity index is 1.88. The minimum atomic E-state index is 0.556. The van der Waals surface area contributed by atoms with Gasteiger partial charge in [-0.25, -0.2) is 0 Å². The van der Waals surface area contributed by atoms with Crippen LogP contribution in [0.1, 0.15) is 36.4 Å². The Morgan fingerprint density at radius 1 is 0.625 bits per heavy atom. The lowest BCUT2D eigenvalue weighted by Gasteiger charge is -2.12. The Morgan fingerprint density at radius 3 is 1.38 bits per heavy atom. The van der Waals surface area contributed by atoms with E-state index in [4.69, 9.17) is 0 Å². The molecule has 0 bridgehead atoms. The summed E-state index contributed by atoms with van der Waals surface area (Å²) in [7, 11) is 8.26. The maximum atomic E-state index is 2.40. The highest BCUT2D eigenvalue weighted by Gasteiger charge is 2.14. The van der Waals surface area contributed by atoms with E-state index in [1.165, 1.54) is 33.9 Å². The number of nitrogens with zero attached hydrogens (tertiary/aromatic N) is 3. The Kier molecular flexibility index (Phi) is 7.88. The van der Waals surface area contributed by atoms with Crippen LogP contribution in [0.4, 0.5) is 11.4 Å². The van der Waals surface area contributed by atoms with Gasteiger partial charge in [-0.1, -0.05) is 38.1 Å². The molecule has 1 aromatic heterocycles. The number of pyridine rings is 1. The predicted molar refractivity (Wildman–Crippen MR) is 141 cm³/mol. The highest BCUT2D eigenvalue weighted by Crippen LogP contribution is 2.16. The van der Waals surface area contributed by atoms with Gasteiger partial charge in [0.1, 0.15) is 0 Å². The highest BCUT2D eigenvalue weighted by molar-refractivity contribution is 5.70. The van der Waals surface area contributed by atoms with Crippen LogP contribution in [0.25, 0.3) is 24.3 Å². The van der Waals surface area contributed by atoms with E-state index in [0.717, 1.165) is 6.54 Å². The van der Waals surface area contributed by atoms with Crippen molar-refractivity contribution in [1.29, 1.82) is 0 Å². The normalized spacial score (nSPS) is 11.6. The van der Waals surface area contributed by atoms with Gasteiger partial charge in [0.25, 0.3) is 0 Å². The predicted octanol–water partition coefficient (Wildman–Crippen LogP) is 6.10. The van der Waals surface area contributed by atoms with E-state index in [0.29, 0.717) is 5.92 Å². The zero-order chi connectivity index (χ0) is 23.1. The van der Waals surface area contributed by atoms with E-state index in [1.807, 2.05) is 0 Å². The first kappa shape index (κ1) is 23.3. The number of benzene rings is 2. The molecule has 3 rings (SSSR count). The lowest BCUT2D eigenvalue weighted by atomic mass is 10.1. The molecule has 0 saturated heterocycles. The Morgan fingerprint density at radius 2 is 1.03 bits per heavy atom. The fourth-order valence-corrected chi connectivity index (χ4v) is 3.57. The second kappa shape index (κ2) is 10.8. The van der Waals surface area contributed by atoms with E-state index in [1.54, 1.807) is 0 Å². The lowest BCUT2D eigenvalue weighted by Crippen LogP contribution is -2.42. The van der Waals surface area contributed by atoms with Crippen LogP contribution in [0, 0.1) is 5.92 Å². The third-order valence-corrected chi connectivity index (χ3v) is 5.42. The minimum Gasteiger partial charge on any atom is -0.378 e. The van der Waals surface area contributed by atoms with Gasteiger partial charge in [-0.05, 0) is 53.6 Å². The van der Waals surface area contributed by atoms with Gasteiger partial charge in [0.15, 0.2) is 6.54 Å². The van der Waals surface area contributed by atoms with E-state index in [2.05, 4.69) is 147 Å². The molecule has 0 amide bonds. The Hall–Kier alpha value is -3.33.